The maximum absolute atomic E-state index is 5.34. The minimum atomic E-state index is 0.565. The number of methoxy groups -OCH3 is 1. The Kier molecular flexibility index (Phi) is 3.59. The summed E-state index contributed by atoms with van der Waals surface area (Å²) in [5.74, 6) is 0.565. The Morgan fingerprint density at radius 1 is 1.29 bits per heavy atom. The number of aryl methyl sites for hydroxylation is 1. The van der Waals surface area contributed by atoms with Crippen molar-refractivity contribution in [3.63, 3.8) is 0 Å². The third kappa shape index (κ3) is 2.89. The third-order valence-corrected chi connectivity index (χ3v) is 3.08. The first-order valence-corrected chi connectivity index (χ1v) is 6.55. The van der Waals surface area contributed by atoms with Crippen LogP contribution in [0.25, 0.3) is 11.3 Å². The highest BCUT2D eigenvalue weighted by molar-refractivity contribution is 5.65. The van der Waals surface area contributed by atoms with Gasteiger partial charge in [0.25, 0.3) is 0 Å². The molecule has 0 aromatic carbocycles. The molecule has 0 spiro atoms. The van der Waals surface area contributed by atoms with E-state index in [1.165, 1.54) is 6.33 Å². The molecule has 3 heterocycles. The van der Waals surface area contributed by atoms with Crippen LogP contribution in [0.3, 0.4) is 0 Å². The first-order chi connectivity index (χ1) is 10.3. The zero-order chi connectivity index (χ0) is 14.7. The number of hydrogen-bond donors (Lipinski definition) is 0. The number of hydrogen-bond acceptors (Lipinski definition) is 5. The number of aromatic nitrogens is 5. The lowest BCUT2D eigenvalue weighted by Crippen LogP contribution is -2.02. The molecule has 0 aliphatic carbocycles. The van der Waals surface area contributed by atoms with Crippen LogP contribution in [0.15, 0.2) is 43.1 Å². The van der Waals surface area contributed by atoms with Crippen molar-refractivity contribution in [1.29, 1.82) is 0 Å². The number of ether oxygens (including phenoxy) is 1. The minimum absolute atomic E-state index is 0.565. The zero-order valence-corrected chi connectivity index (χ0v) is 11.9. The molecule has 3 aromatic heterocycles. The molecule has 0 radical (unpaired) electrons. The van der Waals surface area contributed by atoms with E-state index >= 15 is 0 Å². The highest BCUT2D eigenvalue weighted by Gasteiger charge is 2.10. The van der Waals surface area contributed by atoms with Crippen LogP contribution >= 0.6 is 0 Å². The van der Waals surface area contributed by atoms with Crippen molar-refractivity contribution in [1.82, 2.24) is 24.7 Å². The standard InChI is InChI=1S/C15H15N5O/c1-11-4-3-5-14(19-11)13-6-12(7-17-15(13)21-2)8-20-10-16-9-18-20/h3-7,9-10H,8H2,1-2H3. The quantitative estimate of drug-likeness (QED) is 0.732. The SMILES string of the molecule is COc1ncc(Cn2cncn2)cc1-c1cccc(C)n1. The Hall–Kier alpha value is -2.76. The fourth-order valence-corrected chi connectivity index (χ4v) is 2.12. The molecule has 106 valence electrons. The van der Waals surface area contributed by atoms with Crippen LogP contribution in [-0.2, 0) is 6.54 Å². The van der Waals surface area contributed by atoms with Crippen molar-refractivity contribution in [2.75, 3.05) is 7.11 Å². The van der Waals surface area contributed by atoms with Gasteiger partial charge >= 0.3 is 0 Å². The maximum Gasteiger partial charge on any atom is 0.222 e. The normalized spacial score (nSPS) is 10.6. The molecule has 0 aliphatic rings. The first-order valence-electron chi connectivity index (χ1n) is 6.55. The summed E-state index contributed by atoms with van der Waals surface area (Å²) in [6.45, 7) is 2.57. The third-order valence-electron chi connectivity index (χ3n) is 3.08. The highest BCUT2D eigenvalue weighted by atomic mass is 16.5. The van der Waals surface area contributed by atoms with Gasteiger partial charge in [0.1, 0.15) is 12.7 Å². The van der Waals surface area contributed by atoms with Crippen molar-refractivity contribution < 1.29 is 4.74 Å². The minimum Gasteiger partial charge on any atom is -0.481 e. The van der Waals surface area contributed by atoms with E-state index in [9.17, 15) is 0 Å². The lowest BCUT2D eigenvalue weighted by atomic mass is 10.1. The summed E-state index contributed by atoms with van der Waals surface area (Å²) in [6.07, 6.45) is 4.97. The second-order valence-electron chi connectivity index (χ2n) is 4.66. The van der Waals surface area contributed by atoms with E-state index in [0.717, 1.165) is 22.5 Å². The van der Waals surface area contributed by atoms with Gasteiger partial charge in [-0.1, -0.05) is 6.07 Å². The fraction of sp³-hybridized carbons (Fsp3) is 0.200. The number of pyridine rings is 2. The monoisotopic (exact) mass is 281 g/mol. The van der Waals surface area contributed by atoms with E-state index in [4.69, 9.17) is 4.74 Å². The molecule has 6 heteroatoms. The number of nitrogens with zero attached hydrogens (tertiary/aromatic N) is 5. The van der Waals surface area contributed by atoms with Gasteiger partial charge in [-0.2, -0.15) is 5.10 Å². The lowest BCUT2D eigenvalue weighted by Gasteiger charge is -2.10. The van der Waals surface area contributed by atoms with Gasteiger partial charge in [-0.05, 0) is 30.7 Å². The molecule has 3 aromatic rings. The Morgan fingerprint density at radius 3 is 2.90 bits per heavy atom. The van der Waals surface area contributed by atoms with E-state index < -0.39 is 0 Å². The summed E-state index contributed by atoms with van der Waals surface area (Å²) in [7, 11) is 1.61. The smallest absolute Gasteiger partial charge is 0.222 e. The molecule has 0 aliphatic heterocycles. The van der Waals surface area contributed by atoms with Gasteiger partial charge in [-0.25, -0.2) is 14.6 Å². The second-order valence-corrected chi connectivity index (χ2v) is 4.66. The van der Waals surface area contributed by atoms with Crippen LogP contribution in [-0.4, -0.2) is 31.8 Å². The van der Waals surface area contributed by atoms with E-state index in [1.54, 1.807) is 24.3 Å². The molecule has 0 fully saturated rings. The maximum atomic E-state index is 5.34. The molecule has 0 bridgehead atoms. The van der Waals surface area contributed by atoms with E-state index in [-0.39, 0.29) is 0 Å². The van der Waals surface area contributed by atoms with Gasteiger partial charge in [0.05, 0.1) is 24.9 Å². The fourth-order valence-electron chi connectivity index (χ4n) is 2.12. The van der Waals surface area contributed by atoms with Gasteiger partial charge in [-0.15, -0.1) is 0 Å². The van der Waals surface area contributed by atoms with Crippen LogP contribution in [0, 0.1) is 6.92 Å². The van der Waals surface area contributed by atoms with Gasteiger partial charge in [0.2, 0.25) is 5.88 Å². The molecule has 0 saturated heterocycles. The molecule has 6 nitrogen and oxygen atoms in total. The van der Waals surface area contributed by atoms with Crippen molar-refractivity contribution in [2.45, 2.75) is 13.5 Å². The second kappa shape index (κ2) is 5.70. The van der Waals surface area contributed by atoms with Gasteiger partial charge < -0.3 is 4.74 Å². The molecular weight excluding hydrogens is 266 g/mol. The van der Waals surface area contributed by atoms with Gasteiger partial charge in [-0.3, -0.25) is 4.98 Å². The predicted molar refractivity (Wildman–Crippen MR) is 77.9 cm³/mol. The number of rotatable bonds is 4. The summed E-state index contributed by atoms with van der Waals surface area (Å²) in [6, 6.07) is 7.91. The Balaban J connectivity index is 2.01. The van der Waals surface area contributed by atoms with E-state index in [0.29, 0.717) is 12.4 Å². The average molecular weight is 281 g/mol. The van der Waals surface area contributed by atoms with Gasteiger partial charge in [0, 0.05) is 11.9 Å². The topological polar surface area (TPSA) is 65.7 Å². The summed E-state index contributed by atoms with van der Waals surface area (Å²) in [5.41, 5.74) is 3.69. The molecular formula is C15H15N5O. The van der Waals surface area contributed by atoms with Crippen molar-refractivity contribution in [3.05, 3.63) is 54.4 Å². The van der Waals surface area contributed by atoms with Crippen LogP contribution in [0.2, 0.25) is 0 Å². The highest BCUT2D eigenvalue weighted by Crippen LogP contribution is 2.27. The predicted octanol–water partition coefficient (Wildman–Crippen LogP) is 2.10. The lowest BCUT2D eigenvalue weighted by molar-refractivity contribution is 0.399. The van der Waals surface area contributed by atoms with Crippen molar-refractivity contribution in [3.8, 4) is 17.1 Å². The van der Waals surface area contributed by atoms with E-state index in [2.05, 4.69) is 20.1 Å². The summed E-state index contributed by atoms with van der Waals surface area (Å²) < 4.78 is 7.09. The molecule has 0 unspecified atom stereocenters. The molecule has 0 N–H and O–H groups in total. The summed E-state index contributed by atoms with van der Waals surface area (Å²) in [4.78, 5) is 12.8. The van der Waals surface area contributed by atoms with Gasteiger partial charge in [0.15, 0.2) is 0 Å². The Bertz CT molecular complexity index is 740. The Labute approximate surface area is 122 Å². The van der Waals surface area contributed by atoms with Crippen LogP contribution in [0.5, 0.6) is 5.88 Å². The molecule has 21 heavy (non-hydrogen) atoms. The summed E-state index contributed by atoms with van der Waals surface area (Å²) in [5, 5.41) is 4.10. The molecule has 0 atom stereocenters. The largest absolute Gasteiger partial charge is 0.481 e. The van der Waals surface area contributed by atoms with E-state index in [1.807, 2.05) is 31.2 Å². The summed E-state index contributed by atoms with van der Waals surface area (Å²) >= 11 is 0. The van der Waals surface area contributed by atoms with Crippen LogP contribution in [0.4, 0.5) is 0 Å². The zero-order valence-electron chi connectivity index (χ0n) is 11.9. The Morgan fingerprint density at radius 2 is 2.19 bits per heavy atom. The van der Waals surface area contributed by atoms with Crippen LogP contribution < -0.4 is 4.74 Å². The average Bonchev–Trinajstić information content (AvgIpc) is 3.00. The first kappa shape index (κ1) is 13.2. The molecule has 0 amide bonds. The van der Waals surface area contributed by atoms with Crippen LogP contribution in [0.1, 0.15) is 11.3 Å². The van der Waals surface area contributed by atoms with Crippen molar-refractivity contribution >= 4 is 0 Å². The molecule has 3 rings (SSSR count). The van der Waals surface area contributed by atoms with Crippen molar-refractivity contribution in [2.24, 2.45) is 0 Å². The molecule has 0 saturated carbocycles.